The van der Waals surface area contributed by atoms with Gasteiger partial charge < -0.3 is 5.73 Å². The van der Waals surface area contributed by atoms with E-state index in [0.29, 0.717) is 0 Å². The summed E-state index contributed by atoms with van der Waals surface area (Å²) >= 11 is 1.31. The summed E-state index contributed by atoms with van der Waals surface area (Å²) in [4.78, 5) is 0.883. The van der Waals surface area contributed by atoms with Crippen LogP contribution >= 0.6 is 11.3 Å². The van der Waals surface area contributed by atoms with Gasteiger partial charge in [-0.1, -0.05) is 0 Å². The molecule has 0 aliphatic carbocycles. The molecule has 0 saturated heterocycles. The highest BCUT2D eigenvalue weighted by molar-refractivity contribution is 7.10. The van der Waals surface area contributed by atoms with Gasteiger partial charge in [-0.25, -0.2) is 0 Å². The highest BCUT2D eigenvalue weighted by Gasteiger charge is 2.29. The van der Waals surface area contributed by atoms with Crippen LogP contribution in [0, 0.1) is 6.92 Å². The molecule has 0 aliphatic heterocycles. The van der Waals surface area contributed by atoms with Crippen LogP contribution < -0.4 is 5.73 Å². The fourth-order valence-corrected chi connectivity index (χ4v) is 1.50. The lowest BCUT2D eigenvalue weighted by Gasteiger charge is -2.10. The minimum atomic E-state index is -2.86. The molecule has 0 unspecified atom stereocenters. The Labute approximate surface area is 67.8 Å². The third kappa shape index (κ3) is 1.75. The summed E-state index contributed by atoms with van der Waals surface area (Å²) in [5.74, 6) is -2.86. The van der Waals surface area contributed by atoms with Gasteiger partial charge >= 0.3 is 0 Å². The predicted molar refractivity (Wildman–Crippen MR) is 42.0 cm³/mol. The smallest absolute Gasteiger partial charge is 0.286 e. The van der Waals surface area contributed by atoms with Crippen LogP contribution in [0.2, 0.25) is 0 Å². The first kappa shape index (κ1) is 8.62. The van der Waals surface area contributed by atoms with E-state index in [1.807, 2.05) is 0 Å². The number of hydrogen-bond acceptors (Lipinski definition) is 2. The average Bonchev–Trinajstić information content (AvgIpc) is 2.36. The number of rotatable bonds is 2. The van der Waals surface area contributed by atoms with Crippen LogP contribution in [0.3, 0.4) is 0 Å². The molecule has 1 aromatic heterocycles. The van der Waals surface area contributed by atoms with Crippen LogP contribution in [0.4, 0.5) is 8.78 Å². The quantitative estimate of drug-likeness (QED) is 0.735. The monoisotopic (exact) mass is 177 g/mol. The minimum absolute atomic E-state index is 0.0301. The molecule has 0 spiro atoms. The Hall–Kier alpha value is -0.480. The van der Waals surface area contributed by atoms with E-state index < -0.39 is 12.5 Å². The topological polar surface area (TPSA) is 26.0 Å². The first-order valence-corrected chi connectivity index (χ1v) is 4.08. The van der Waals surface area contributed by atoms with Gasteiger partial charge in [-0.05, 0) is 13.0 Å². The molecule has 0 atom stereocenters. The molecule has 1 rings (SSSR count). The Morgan fingerprint density at radius 1 is 1.64 bits per heavy atom. The molecule has 0 aliphatic rings. The molecule has 2 N–H and O–H groups in total. The summed E-state index contributed by atoms with van der Waals surface area (Å²) in [5.41, 5.74) is 4.93. The molecular formula is C7H9F2NS. The van der Waals surface area contributed by atoms with E-state index in [4.69, 9.17) is 5.73 Å². The van der Waals surface area contributed by atoms with E-state index in [1.54, 1.807) is 6.92 Å². The molecule has 1 aromatic rings. The van der Waals surface area contributed by atoms with E-state index >= 15 is 0 Å². The van der Waals surface area contributed by atoms with Gasteiger partial charge in [0.1, 0.15) is 0 Å². The molecule has 0 amide bonds. The maximum atomic E-state index is 12.8. The second kappa shape index (κ2) is 2.87. The Morgan fingerprint density at radius 3 is 2.64 bits per heavy atom. The Bertz CT molecular complexity index is 244. The van der Waals surface area contributed by atoms with Crippen molar-refractivity contribution in [1.29, 1.82) is 0 Å². The molecule has 0 fully saturated rings. The van der Waals surface area contributed by atoms with Gasteiger partial charge in [0, 0.05) is 15.8 Å². The van der Waals surface area contributed by atoms with Gasteiger partial charge in [-0.3, -0.25) is 0 Å². The molecular weight excluding hydrogens is 168 g/mol. The van der Waals surface area contributed by atoms with Gasteiger partial charge in [0.05, 0.1) is 6.54 Å². The highest BCUT2D eigenvalue weighted by Crippen LogP contribution is 2.29. The second-order valence-electron chi connectivity index (χ2n) is 2.35. The zero-order chi connectivity index (χ0) is 8.48. The van der Waals surface area contributed by atoms with Crippen LogP contribution in [-0.4, -0.2) is 6.54 Å². The number of hydrogen-bond donors (Lipinski definition) is 1. The number of alkyl halides is 2. The van der Waals surface area contributed by atoms with Crippen molar-refractivity contribution in [2.45, 2.75) is 12.8 Å². The van der Waals surface area contributed by atoms with Crippen molar-refractivity contribution >= 4 is 11.3 Å². The molecule has 4 heteroatoms. The Morgan fingerprint density at radius 2 is 2.27 bits per heavy atom. The maximum Gasteiger partial charge on any atom is 0.286 e. The summed E-state index contributed by atoms with van der Waals surface area (Å²) in [6.07, 6.45) is 0. The molecule has 62 valence electrons. The fraction of sp³-hybridized carbons (Fsp3) is 0.429. The molecule has 0 saturated carbocycles. The third-order valence-corrected chi connectivity index (χ3v) is 2.27. The van der Waals surface area contributed by atoms with E-state index in [-0.39, 0.29) is 5.56 Å². The summed E-state index contributed by atoms with van der Waals surface area (Å²) in [6, 6.07) is 1.47. The van der Waals surface area contributed by atoms with Gasteiger partial charge in [0.15, 0.2) is 0 Å². The molecule has 0 radical (unpaired) electrons. The summed E-state index contributed by atoms with van der Waals surface area (Å²) in [7, 11) is 0. The first-order valence-electron chi connectivity index (χ1n) is 3.20. The van der Waals surface area contributed by atoms with Crippen molar-refractivity contribution in [3.05, 3.63) is 21.9 Å². The van der Waals surface area contributed by atoms with Crippen LogP contribution in [-0.2, 0) is 5.92 Å². The van der Waals surface area contributed by atoms with E-state index in [2.05, 4.69) is 0 Å². The zero-order valence-electron chi connectivity index (χ0n) is 6.10. The molecule has 0 aromatic carbocycles. The van der Waals surface area contributed by atoms with Gasteiger partial charge in [-0.15, -0.1) is 11.3 Å². The largest absolute Gasteiger partial charge is 0.325 e. The van der Waals surface area contributed by atoms with E-state index in [0.717, 1.165) is 4.88 Å². The number of aryl methyl sites for hydroxylation is 1. The van der Waals surface area contributed by atoms with Crippen molar-refractivity contribution in [2.75, 3.05) is 6.54 Å². The maximum absolute atomic E-state index is 12.8. The summed E-state index contributed by atoms with van der Waals surface area (Å²) in [6.45, 7) is 1.17. The van der Waals surface area contributed by atoms with Gasteiger partial charge in [0.2, 0.25) is 0 Å². The van der Waals surface area contributed by atoms with E-state index in [9.17, 15) is 8.78 Å². The van der Waals surface area contributed by atoms with Crippen LogP contribution in [0.25, 0.3) is 0 Å². The van der Waals surface area contributed by atoms with Gasteiger partial charge in [-0.2, -0.15) is 8.78 Å². The predicted octanol–water partition coefficient (Wildman–Crippen LogP) is 2.11. The first-order chi connectivity index (χ1) is 5.06. The Balaban J connectivity index is 2.92. The average molecular weight is 177 g/mol. The standard InChI is InChI=1S/C7H9F2NS/c1-5-2-6(3-11-5)7(8,9)4-10/h2-3H,4,10H2,1H3. The summed E-state index contributed by atoms with van der Waals surface area (Å²) in [5, 5.41) is 1.45. The number of halogens is 2. The Kier molecular flexibility index (Phi) is 2.25. The van der Waals surface area contributed by atoms with Crippen molar-refractivity contribution in [2.24, 2.45) is 5.73 Å². The minimum Gasteiger partial charge on any atom is -0.325 e. The van der Waals surface area contributed by atoms with Gasteiger partial charge in [0.25, 0.3) is 5.92 Å². The molecule has 0 bridgehead atoms. The van der Waals surface area contributed by atoms with Crippen molar-refractivity contribution in [1.82, 2.24) is 0 Å². The van der Waals surface area contributed by atoms with Crippen LogP contribution in [0.1, 0.15) is 10.4 Å². The number of nitrogens with two attached hydrogens (primary N) is 1. The lowest BCUT2D eigenvalue weighted by molar-refractivity contribution is 0.00636. The van der Waals surface area contributed by atoms with Crippen LogP contribution in [0.5, 0.6) is 0 Å². The summed E-state index contributed by atoms with van der Waals surface area (Å²) < 4.78 is 25.6. The van der Waals surface area contributed by atoms with Crippen molar-refractivity contribution in [3.8, 4) is 0 Å². The SMILES string of the molecule is Cc1cc(C(F)(F)CN)cs1. The normalized spacial score (nSPS) is 12.0. The number of thiophene rings is 1. The van der Waals surface area contributed by atoms with E-state index in [1.165, 1.54) is 22.8 Å². The molecule has 1 heterocycles. The van der Waals surface area contributed by atoms with Crippen LogP contribution in [0.15, 0.2) is 11.4 Å². The fourth-order valence-electron chi connectivity index (χ4n) is 0.753. The third-order valence-electron chi connectivity index (χ3n) is 1.41. The molecule has 1 nitrogen and oxygen atoms in total. The molecule has 11 heavy (non-hydrogen) atoms. The lowest BCUT2D eigenvalue weighted by Crippen LogP contribution is -2.24. The van der Waals surface area contributed by atoms with Crippen molar-refractivity contribution in [3.63, 3.8) is 0 Å². The lowest BCUT2D eigenvalue weighted by atomic mass is 10.2. The zero-order valence-corrected chi connectivity index (χ0v) is 6.92. The highest BCUT2D eigenvalue weighted by atomic mass is 32.1. The van der Waals surface area contributed by atoms with Crippen molar-refractivity contribution < 1.29 is 8.78 Å². The second-order valence-corrected chi connectivity index (χ2v) is 3.47.